The molecule has 1 rings (SSSR count). The Balaban J connectivity index is 2.83. The molecule has 0 fully saturated rings. The Morgan fingerprint density at radius 3 is 2.83 bits per heavy atom. The minimum Gasteiger partial charge on any atom is -0.399 e. The van der Waals surface area contributed by atoms with Crippen LogP contribution in [0.25, 0.3) is 6.08 Å². The van der Waals surface area contributed by atoms with Gasteiger partial charge in [0.15, 0.2) is 0 Å². The van der Waals surface area contributed by atoms with Crippen molar-refractivity contribution in [3.05, 3.63) is 53.7 Å². The first-order valence-corrected chi connectivity index (χ1v) is 3.87. The predicted molar refractivity (Wildman–Crippen MR) is 53.5 cm³/mol. The largest absolute Gasteiger partial charge is 0.399 e. The number of aryl methyl sites for hydroxylation is 1. The van der Waals surface area contributed by atoms with Gasteiger partial charge in [-0.25, -0.2) is 0 Å². The molecule has 2 N–H and O–H groups in total. The molecule has 0 aliphatic heterocycles. The second-order valence-electron chi connectivity index (χ2n) is 2.82. The summed E-state index contributed by atoms with van der Waals surface area (Å²) in [6.45, 7) is 5.65. The van der Waals surface area contributed by atoms with Crippen molar-refractivity contribution in [1.82, 2.24) is 0 Å². The molecule has 0 spiro atoms. The van der Waals surface area contributed by atoms with Gasteiger partial charge in [-0.05, 0) is 18.6 Å². The highest BCUT2D eigenvalue weighted by molar-refractivity contribution is 5.52. The summed E-state index contributed by atoms with van der Waals surface area (Å²) in [5.41, 5.74) is 8.38. The van der Waals surface area contributed by atoms with Crippen molar-refractivity contribution >= 4 is 6.08 Å². The van der Waals surface area contributed by atoms with Crippen molar-refractivity contribution in [2.45, 2.75) is 6.92 Å². The van der Waals surface area contributed by atoms with Crippen LogP contribution in [-0.2, 0) is 0 Å². The lowest BCUT2D eigenvalue weighted by atomic mass is 10.1. The van der Waals surface area contributed by atoms with Gasteiger partial charge in [-0.3, -0.25) is 0 Å². The Labute approximate surface area is 73.2 Å². The minimum atomic E-state index is 0.580. The van der Waals surface area contributed by atoms with Crippen molar-refractivity contribution in [3.63, 3.8) is 0 Å². The van der Waals surface area contributed by atoms with Crippen LogP contribution >= 0.6 is 0 Å². The number of hydrogen-bond acceptors (Lipinski definition) is 1. The predicted octanol–water partition coefficient (Wildman–Crippen LogP) is 2.48. The van der Waals surface area contributed by atoms with E-state index in [0.717, 1.165) is 5.56 Å². The van der Waals surface area contributed by atoms with Crippen LogP contribution in [0.5, 0.6) is 0 Å². The molecule has 0 amide bonds. The summed E-state index contributed by atoms with van der Waals surface area (Å²) >= 11 is 0. The van der Waals surface area contributed by atoms with Gasteiger partial charge in [0, 0.05) is 5.70 Å². The van der Waals surface area contributed by atoms with E-state index in [0.29, 0.717) is 5.70 Å². The number of rotatable bonds is 2. The van der Waals surface area contributed by atoms with Crippen LogP contribution in [0.2, 0.25) is 0 Å². The molecule has 0 aliphatic rings. The molecule has 0 radical (unpaired) electrons. The van der Waals surface area contributed by atoms with Gasteiger partial charge in [0.2, 0.25) is 0 Å². The highest BCUT2D eigenvalue weighted by Gasteiger charge is 1.86. The molecule has 1 nitrogen and oxygen atoms in total. The maximum absolute atomic E-state index is 5.40. The van der Waals surface area contributed by atoms with Crippen molar-refractivity contribution in [2.75, 3.05) is 0 Å². The summed E-state index contributed by atoms with van der Waals surface area (Å²) in [4.78, 5) is 0. The zero-order valence-corrected chi connectivity index (χ0v) is 7.25. The molecule has 1 aromatic rings. The lowest BCUT2D eigenvalue weighted by Crippen LogP contribution is -1.88. The Morgan fingerprint density at radius 1 is 1.50 bits per heavy atom. The van der Waals surface area contributed by atoms with Crippen molar-refractivity contribution < 1.29 is 0 Å². The van der Waals surface area contributed by atoms with Crippen LogP contribution in [-0.4, -0.2) is 0 Å². The van der Waals surface area contributed by atoms with E-state index in [1.54, 1.807) is 6.08 Å². The van der Waals surface area contributed by atoms with Gasteiger partial charge in [-0.1, -0.05) is 42.5 Å². The maximum Gasteiger partial charge on any atom is 0.0241 e. The van der Waals surface area contributed by atoms with Crippen LogP contribution < -0.4 is 5.73 Å². The quantitative estimate of drug-likeness (QED) is 0.659. The lowest BCUT2D eigenvalue weighted by molar-refractivity contribution is 1.44. The van der Waals surface area contributed by atoms with Gasteiger partial charge in [0.25, 0.3) is 0 Å². The van der Waals surface area contributed by atoms with Gasteiger partial charge in [0.1, 0.15) is 0 Å². The van der Waals surface area contributed by atoms with E-state index in [9.17, 15) is 0 Å². The average molecular weight is 159 g/mol. The van der Waals surface area contributed by atoms with Gasteiger partial charge in [0.05, 0.1) is 0 Å². The molecule has 1 aromatic carbocycles. The van der Waals surface area contributed by atoms with E-state index in [-0.39, 0.29) is 0 Å². The van der Waals surface area contributed by atoms with Gasteiger partial charge in [-0.15, -0.1) is 0 Å². The number of benzene rings is 1. The standard InChI is InChI=1S/C11H13N/c1-9-4-3-5-11(8-9)7-6-10(2)12/h3-8H,2,12H2,1H3/b7-6+. The van der Waals surface area contributed by atoms with Gasteiger partial charge >= 0.3 is 0 Å². The number of hydrogen-bond donors (Lipinski definition) is 1. The highest BCUT2D eigenvalue weighted by Crippen LogP contribution is 2.05. The first-order chi connectivity index (χ1) is 5.68. The van der Waals surface area contributed by atoms with E-state index >= 15 is 0 Å². The summed E-state index contributed by atoms with van der Waals surface area (Å²) in [5.74, 6) is 0. The molecular formula is C11H13N. The van der Waals surface area contributed by atoms with E-state index in [4.69, 9.17) is 5.73 Å². The second-order valence-corrected chi connectivity index (χ2v) is 2.82. The van der Waals surface area contributed by atoms with Gasteiger partial charge in [-0.2, -0.15) is 0 Å². The zero-order chi connectivity index (χ0) is 8.97. The molecular weight excluding hydrogens is 146 g/mol. The van der Waals surface area contributed by atoms with Crippen LogP contribution in [0.3, 0.4) is 0 Å². The normalized spacial score (nSPS) is 10.4. The van der Waals surface area contributed by atoms with Crippen LogP contribution in [0, 0.1) is 6.92 Å². The summed E-state index contributed by atoms with van der Waals surface area (Å²) in [7, 11) is 0. The van der Waals surface area contributed by atoms with Crippen molar-refractivity contribution in [2.24, 2.45) is 5.73 Å². The Hall–Kier alpha value is -1.50. The lowest BCUT2D eigenvalue weighted by Gasteiger charge is -1.94. The van der Waals surface area contributed by atoms with E-state index in [1.165, 1.54) is 5.56 Å². The third-order valence-corrected chi connectivity index (χ3v) is 1.53. The molecule has 0 bridgehead atoms. The number of allylic oxidation sites excluding steroid dienone is 1. The first kappa shape index (κ1) is 8.60. The van der Waals surface area contributed by atoms with E-state index in [2.05, 4.69) is 25.6 Å². The molecule has 0 saturated carbocycles. The van der Waals surface area contributed by atoms with Crippen molar-refractivity contribution in [1.29, 1.82) is 0 Å². The third kappa shape index (κ3) is 2.62. The second kappa shape index (κ2) is 3.77. The molecule has 0 unspecified atom stereocenters. The Kier molecular flexibility index (Phi) is 2.70. The molecule has 0 saturated heterocycles. The van der Waals surface area contributed by atoms with E-state index < -0.39 is 0 Å². The zero-order valence-electron chi connectivity index (χ0n) is 7.25. The smallest absolute Gasteiger partial charge is 0.0241 e. The third-order valence-electron chi connectivity index (χ3n) is 1.53. The fourth-order valence-corrected chi connectivity index (χ4v) is 0.977. The first-order valence-electron chi connectivity index (χ1n) is 3.87. The van der Waals surface area contributed by atoms with Crippen LogP contribution in [0.1, 0.15) is 11.1 Å². The molecule has 0 aliphatic carbocycles. The monoisotopic (exact) mass is 159 g/mol. The van der Waals surface area contributed by atoms with Gasteiger partial charge < -0.3 is 5.73 Å². The minimum absolute atomic E-state index is 0.580. The number of nitrogens with two attached hydrogens (primary N) is 1. The fraction of sp³-hybridized carbons (Fsp3) is 0.0909. The average Bonchev–Trinajstić information content (AvgIpc) is 2.01. The molecule has 0 heterocycles. The molecule has 1 heteroatoms. The van der Waals surface area contributed by atoms with Crippen molar-refractivity contribution in [3.8, 4) is 0 Å². The molecule has 12 heavy (non-hydrogen) atoms. The van der Waals surface area contributed by atoms with Crippen LogP contribution in [0.15, 0.2) is 42.6 Å². The summed E-state index contributed by atoms with van der Waals surface area (Å²) < 4.78 is 0. The molecule has 0 aromatic heterocycles. The summed E-state index contributed by atoms with van der Waals surface area (Å²) in [6.07, 6.45) is 3.75. The molecule has 62 valence electrons. The Morgan fingerprint density at radius 2 is 2.25 bits per heavy atom. The SMILES string of the molecule is C=C(N)/C=C/c1cccc(C)c1. The summed E-state index contributed by atoms with van der Waals surface area (Å²) in [6, 6.07) is 8.22. The van der Waals surface area contributed by atoms with Crippen LogP contribution in [0.4, 0.5) is 0 Å². The topological polar surface area (TPSA) is 26.0 Å². The fourth-order valence-electron chi connectivity index (χ4n) is 0.977. The Bertz CT molecular complexity index is 311. The summed E-state index contributed by atoms with van der Waals surface area (Å²) in [5, 5.41) is 0. The maximum atomic E-state index is 5.40. The molecule has 0 atom stereocenters. The highest BCUT2D eigenvalue weighted by atomic mass is 14.5. The van der Waals surface area contributed by atoms with E-state index in [1.807, 2.05) is 18.2 Å².